The van der Waals surface area contributed by atoms with Gasteiger partial charge in [-0.15, -0.1) is 0 Å². The molecule has 2 aromatic rings. The normalized spacial score (nSPS) is 12.3. The quantitative estimate of drug-likeness (QED) is 0.853. The predicted molar refractivity (Wildman–Crippen MR) is 80.2 cm³/mol. The van der Waals surface area contributed by atoms with Crippen molar-refractivity contribution in [3.8, 4) is 0 Å². The molecule has 1 atom stereocenters. The summed E-state index contributed by atoms with van der Waals surface area (Å²) in [7, 11) is 0. The molecule has 0 aliphatic rings. The van der Waals surface area contributed by atoms with E-state index in [0.717, 1.165) is 19.4 Å². The van der Waals surface area contributed by atoms with Gasteiger partial charge in [0.2, 0.25) is 0 Å². The molecule has 0 radical (unpaired) electrons. The van der Waals surface area contributed by atoms with Crippen molar-refractivity contribution in [3.05, 3.63) is 65.5 Å². The molecule has 0 bridgehead atoms. The third-order valence-corrected chi connectivity index (χ3v) is 3.43. The molecule has 100 valence electrons. The predicted octanol–water partition coefficient (Wildman–Crippen LogP) is 3.54. The topological polar surface area (TPSA) is 24.9 Å². The molecule has 0 fully saturated rings. The molecule has 19 heavy (non-hydrogen) atoms. The molecular formula is C17H22N2. The van der Waals surface area contributed by atoms with E-state index in [1.807, 2.05) is 12.4 Å². The van der Waals surface area contributed by atoms with Crippen molar-refractivity contribution >= 4 is 0 Å². The van der Waals surface area contributed by atoms with Crippen LogP contribution in [0.1, 0.15) is 36.6 Å². The van der Waals surface area contributed by atoms with E-state index in [1.165, 1.54) is 16.7 Å². The zero-order valence-electron chi connectivity index (χ0n) is 11.8. The van der Waals surface area contributed by atoms with Crippen molar-refractivity contribution in [2.75, 3.05) is 6.54 Å². The lowest BCUT2D eigenvalue weighted by Crippen LogP contribution is -2.22. The Labute approximate surface area is 115 Å². The highest BCUT2D eigenvalue weighted by Crippen LogP contribution is 2.19. The Balaban J connectivity index is 2.14. The zero-order valence-corrected chi connectivity index (χ0v) is 11.8. The van der Waals surface area contributed by atoms with Crippen LogP contribution in [0.4, 0.5) is 0 Å². The van der Waals surface area contributed by atoms with Crippen LogP contribution in [0, 0.1) is 0 Å². The van der Waals surface area contributed by atoms with Gasteiger partial charge in [-0.05, 0) is 48.2 Å². The molecule has 1 aromatic heterocycles. The van der Waals surface area contributed by atoms with Gasteiger partial charge in [0.05, 0.1) is 0 Å². The number of hydrogen-bond donors (Lipinski definition) is 1. The maximum absolute atomic E-state index is 4.07. The number of rotatable bonds is 6. The average Bonchev–Trinajstić information content (AvgIpc) is 2.48. The fourth-order valence-corrected chi connectivity index (χ4v) is 2.29. The van der Waals surface area contributed by atoms with Gasteiger partial charge in [0.1, 0.15) is 0 Å². The van der Waals surface area contributed by atoms with Gasteiger partial charge in [-0.2, -0.15) is 0 Å². The summed E-state index contributed by atoms with van der Waals surface area (Å²) in [5, 5.41) is 3.56. The van der Waals surface area contributed by atoms with E-state index < -0.39 is 0 Å². The summed E-state index contributed by atoms with van der Waals surface area (Å²) in [5.41, 5.74) is 4.07. The molecule has 0 amide bonds. The molecule has 0 saturated heterocycles. The number of pyridine rings is 1. The summed E-state index contributed by atoms with van der Waals surface area (Å²) in [6.07, 6.45) is 5.81. The molecule has 0 aliphatic heterocycles. The molecule has 1 aromatic carbocycles. The SMILES string of the molecule is CCNC(Cc1ccncc1)c1ccc(CC)cc1. The Morgan fingerprint density at radius 3 is 2.21 bits per heavy atom. The second-order valence-corrected chi connectivity index (χ2v) is 4.76. The number of aromatic nitrogens is 1. The first kappa shape index (κ1) is 13.8. The van der Waals surface area contributed by atoms with E-state index in [2.05, 4.69) is 60.5 Å². The number of aryl methyl sites for hydroxylation is 1. The van der Waals surface area contributed by atoms with Gasteiger partial charge < -0.3 is 5.32 Å². The first-order valence-corrected chi connectivity index (χ1v) is 7.04. The minimum Gasteiger partial charge on any atom is -0.310 e. The van der Waals surface area contributed by atoms with Crippen LogP contribution < -0.4 is 5.32 Å². The molecule has 1 unspecified atom stereocenters. The summed E-state index contributed by atoms with van der Waals surface area (Å²) in [5.74, 6) is 0. The molecule has 2 nitrogen and oxygen atoms in total. The summed E-state index contributed by atoms with van der Waals surface area (Å²) in [6.45, 7) is 5.32. The molecule has 0 saturated carbocycles. The summed E-state index contributed by atoms with van der Waals surface area (Å²) < 4.78 is 0. The Morgan fingerprint density at radius 2 is 1.63 bits per heavy atom. The van der Waals surface area contributed by atoms with Gasteiger partial charge in [0, 0.05) is 18.4 Å². The minimum atomic E-state index is 0.373. The van der Waals surface area contributed by atoms with Crippen molar-refractivity contribution in [2.24, 2.45) is 0 Å². The number of hydrogen-bond acceptors (Lipinski definition) is 2. The maximum atomic E-state index is 4.07. The standard InChI is InChI=1S/C17H22N2/c1-3-14-5-7-16(8-6-14)17(19-4-2)13-15-9-11-18-12-10-15/h5-12,17,19H,3-4,13H2,1-2H3. The highest BCUT2D eigenvalue weighted by Gasteiger charge is 2.10. The van der Waals surface area contributed by atoms with Crippen LogP contribution in [0.15, 0.2) is 48.8 Å². The lowest BCUT2D eigenvalue weighted by molar-refractivity contribution is 0.549. The Hall–Kier alpha value is -1.67. The Morgan fingerprint density at radius 1 is 0.947 bits per heavy atom. The van der Waals surface area contributed by atoms with Crippen molar-refractivity contribution in [2.45, 2.75) is 32.7 Å². The Bertz CT molecular complexity index is 476. The van der Waals surface area contributed by atoms with Crippen LogP contribution in [0.3, 0.4) is 0 Å². The first-order chi connectivity index (χ1) is 9.33. The second kappa shape index (κ2) is 7.05. The molecule has 2 rings (SSSR count). The fraction of sp³-hybridized carbons (Fsp3) is 0.353. The average molecular weight is 254 g/mol. The van der Waals surface area contributed by atoms with Crippen LogP contribution in [0.5, 0.6) is 0 Å². The Kier molecular flexibility index (Phi) is 5.10. The van der Waals surface area contributed by atoms with E-state index >= 15 is 0 Å². The number of benzene rings is 1. The van der Waals surface area contributed by atoms with Gasteiger partial charge in [0.15, 0.2) is 0 Å². The summed E-state index contributed by atoms with van der Waals surface area (Å²) in [6, 6.07) is 13.5. The van der Waals surface area contributed by atoms with Crippen LogP contribution in [0.2, 0.25) is 0 Å². The molecule has 0 spiro atoms. The van der Waals surface area contributed by atoms with Crippen molar-refractivity contribution in [1.82, 2.24) is 10.3 Å². The van der Waals surface area contributed by atoms with Crippen LogP contribution in [-0.2, 0) is 12.8 Å². The summed E-state index contributed by atoms with van der Waals surface area (Å²) in [4.78, 5) is 4.07. The molecule has 1 heterocycles. The highest BCUT2D eigenvalue weighted by molar-refractivity contribution is 5.27. The van der Waals surface area contributed by atoms with Crippen LogP contribution in [0.25, 0.3) is 0 Å². The third kappa shape index (κ3) is 3.90. The number of likely N-dealkylation sites (N-methyl/N-ethyl adjacent to an activating group) is 1. The monoisotopic (exact) mass is 254 g/mol. The van der Waals surface area contributed by atoms with Crippen LogP contribution >= 0.6 is 0 Å². The van der Waals surface area contributed by atoms with Crippen molar-refractivity contribution in [1.29, 1.82) is 0 Å². The van der Waals surface area contributed by atoms with Gasteiger partial charge in [0.25, 0.3) is 0 Å². The fourth-order valence-electron chi connectivity index (χ4n) is 2.29. The smallest absolute Gasteiger partial charge is 0.0360 e. The molecule has 1 N–H and O–H groups in total. The van der Waals surface area contributed by atoms with Gasteiger partial charge in [-0.1, -0.05) is 38.1 Å². The minimum absolute atomic E-state index is 0.373. The van der Waals surface area contributed by atoms with Crippen molar-refractivity contribution < 1.29 is 0 Å². The number of nitrogens with one attached hydrogen (secondary N) is 1. The van der Waals surface area contributed by atoms with E-state index in [-0.39, 0.29) is 0 Å². The molecule has 2 heteroatoms. The van der Waals surface area contributed by atoms with E-state index in [0.29, 0.717) is 6.04 Å². The second-order valence-electron chi connectivity index (χ2n) is 4.76. The van der Waals surface area contributed by atoms with Crippen molar-refractivity contribution in [3.63, 3.8) is 0 Å². The van der Waals surface area contributed by atoms with Gasteiger partial charge in [-0.25, -0.2) is 0 Å². The van der Waals surface area contributed by atoms with Gasteiger partial charge in [-0.3, -0.25) is 4.98 Å². The highest BCUT2D eigenvalue weighted by atomic mass is 14.9. The van der Waals surface area contributed by atoms with E-state index in [4.69, 9.17) is 0 Å². The lowest BCUT2D eigenvalue weighted by atomic mass is 9.98. The largest absolute Gasteiger partial charge is 0.310 e. The first-order valence-electron chi connectivity index (χ1n) is 7.04. The molecule has 0 aliphatic carbocycles. The summed E-state index contributed by atoms with van der Waals surface area (Å²) >= 11 is 0. The zero-order chi connectivity index (χ0) is 13.5. The lowest BCUT2D eigenvalue weighted by Gasteiger charge is -2.19. The van der Waals surface area contributed by atoms with Crippen LogP contribution in [-0.4, -0.2) is 11.5 Å². The van der Waals surface area contributed by atoms with E-state index in [1.54, 1.807) is 0 Å². The molecular weight excluding hydrogens is 232 g/mol. The third-order valence-electron chi connectivity index (χ3n) is 3.43. The maximum Gasteiger partial charge on any atom is 0.0360 e. The van der Waals surface area contributed by atoms with Gasteiger partial charge >= 0.3 is 0 Å². The van der Waals surface area contributed by atoms with E-state index in [9.17, 15) is 0 Å². The number of nitrogens with zero attached hydrogens (tertiary/aromatic N) is 1.